The van der Waals surface area contributed by atoms with Crippen molar-refractivity contribution >= 4 is 39.9 Å². The van der Waals surface area contributed by atoms with E-state index in [2.05, 4.69) is 23.2 Å². The van der Waals surface area contributed by atoms with E-state index in [-0.39, 0.29) is 24.5 Å². The zero-order valence-electron chi connectivity index (χ0n) is 16.5. The molecule has 0 fully saturated rings. The summed E-state index contributed by atoms with van der Waals surface area (Å²) in [7, 11) is 0. The summed E-state index contributed by atoms with van der Waals surface area (Å²) >= 11 is 1.65. The molecule has 0 unspecified atom stereocenters. The highest BCUT2D eigenvalue weighted by Gasteiger charge is 2.20. The SMILES string of the molecule is CSc1cccc2c(C(=O)CCC(=O)N3CC=C(c4ccccc4)CC3)c[nH]c12. The van der Waals surface area contributed by atoms with Gasteiger partial charge >= 0.3 is 0 Å². The summed E-state index contributed by atoms with van der Waals surface area (Å²) < 4.78 is 0. The smallest absolute Gasteiger partial charge is 0.223 e. The van der Waals surface area contributed by atoms with Crippen molar-refractivity contribution in [3.05, 3.63) is 71.9 Å². The summed E-state index contributed by atoms with van der Waals surface area (Å²) in [4.78, 5) is 31.5. The van der Waals surface area contributed by atoms with Crippen molar-refractivity contribution in [2.24, 2.45) is 0 Å². The van der Waals surface area contributed by atoms with Crippen LogP contribution in [0.1, 0.15) is 35.2 Å². The van der Waals surface area contributed by atoms with E-state index in [1.807, 2.05) is 47.6 Å². The van der Waals surface area contributed by atoms with Crippen LogP contribution in [0.4, 0.5) is 0 Å². The number of rotatable bonds is 6. The molecule has 5 heteroatoms. The first kappa shape index (κ1) is 19.5. The van der Waals surface area contributed by atoms with Crippen molar-refractivity contribution in [1.82, 2.24) is 9.88 Å². The third-order valence-electron chi connectivity index (χ3n) is 5.47. The summed E-state index contributed by atoms with van der Waals surface area (Å²) in [5.74, 6) is 0.0618. The molecule has 2 aromatic carbocycles. The van der Waals surface area contributed by atoms with E-state index < -0.39 is 0 Å². The van der Waals surface area contributed by atoms with Gasteiger partial charge in [0.05, 0.1) is 5.52 Å². The van der Waals surface area contributed by atoms with Crippen LogP contribution in [0.3, 0.4) is 0 Å². The minimum Gasteiger partial charge on any atom is -0.360 e. The van der Waals surface area contributed by atoms with Gasteiger partial charge in [0.25, 0.3) is 0 Å². The molecule has 1 aliphatic rings. The lowest BCUT2D eigenvalue weighted by molar-refractivity contribution is -0.130. The lowest BCUT2D eigenvalue weighted by Gasteiger charge is -2.26. The van der Waals surface area contributed by atoms with E-state index in [1.165, 1.54) is 11.1 Å². The Hall–Kier alpha value is -2.79. The molecule has 1 amide bonds. The first-order valence-electron chi connectivity index (χ1n) is 9.87. The number of para-hydroxylation sites is 1. The summed E-state index contributed by atoms with van der Waals surface area (Å²) in [6.07, 6.45) is 7.26. The monoisotopic (exact) mass is 404 g/mol. The van der Waals surface area contributed by atoms with Gasteiger partial charge in [0.2, 0.25) is 5.91 Å². The number of H-pyrrole nitrogens is 1. The minimum atomic E-state index is 0.0142. The third kappa shape index (κ3) is 4.15. The van der Waals surface area contributed by atoms with Crippen LogP contribution in [0.25, 0.3) is 16.5 Å². The number of thioether (sulfide) groups is 1. The van der Waals surface area contributed by atoms with Crippen LogP contribution in [0, 0.1) is 0 Å². The largest absolute Gasteiger partial charge is 0.360 e. The summed E-state index contributed by atoms with van der Waals surface area (Å²) in [5, 5.41) is 0.933. The molecule has 0 saturated heterocycles. The van der Waals surface area contributed by atoms with Crippen molar-refractivity contribution in [3.63, 3.8) is 0 Å². The van der Waals surface area contributed by atoms with Gasteiger partial charge in [0, 0.05) is 48.0 Å². The van der Waals surface area contributed by atoms with Crippen molar-refractivity contribution in [3.8, 4) is 0 Å². The zero-order valence-corrected chi connectivity index (χ0v) is 17.3. The van der Waals surface area contributed by atoms with Crippen LogP contribution >= 0.6 is 11.8 Å². The van der Waals surface area contributed by atoms with Gasteiger partial charge in [-0.25, -0.2) is 0 Å². The lowest BCUT2D eigenvalue weighted by atomic mass is 9.99. The summed E-state index contributed by atoms with van der Waals surface area (Å²) in [5.41, 5.74) is 4.17. The average Bonchev–Trinajstić information content (AvgIpc) is 3.22. The van der Waals surface area contributed by atoms with Crippen molar-refractivity contribution in [2.75, 3.05) is 19.3 Å². The number of fused-ring (bicyclic) bond motifs is 1. The maximum atomic E-state index is 12.7. The first-order chi connectivity index (χ1) is 14.2. The van der Waals surface area contributed by atoms with Crippen LogP contribution in [0.15, 0.2) is 65.7 Å². The fraction of sp³-hybridized carbons (Fsp3) is 0.250. The third-order valence-corrected chi connectivity index (χ3v) is 6.25. The number of Topliss-reactive ketones (excluding diaryl/α,β-unsaturated/α-hetero) is 1. The molecule has 0 atom stereocenters. The molecule has 0 bridgehead atoms. The van der Waals surface area contributed by atoms with Gasteiger partial charge < -0.3 is 9.88 Å². The standard InChI is InChI=1S/C24H24N2O2S/c1-29-22-9-5-8-19-20(16-25-24(19)22)21(27)10-11-23(28)26-14-12-18(13-15-26)17-6-3-2-4-7-17/h2-9,12,16,25H,10-11,13-15H2,1H3. The number of ketones is 1. The van der Waals surface area contributed by atoms with E-state index in [4.69, 9.17) is 0 Å². The molecule has 4 nitrogen and oxygen atoms in total. The van der Waals surface area contributed by atoms with E-state index in [1.54, 1.807) is 18.0 Å². The number of carbonyl (C=O) groups is 2. The molecule has 29 heavy (non-hydrogen) atoms. The molecule has 0 aliphatic carbocycles. The second-order valence-electron chi connectivity index (χ2n) is 7.19. The Morgan fingerprint density at radius 1 is 1.07 bits per heavy atom. The molecule has 0 spiro atoms. The number of aromatic amines is 1. The summed E-state index contributed by atoms with van der Waals surface area (Å²) in [6, 6.07) is 16.2. The number of carbonyl (C=O) groups excluding carboxylic acids is 2. The van der Waals surface area contributed by atoms with E-state index in [0.29, 0.717) is 18.7 Å². The summed E-state index contributed by atoms with van der Waals surface area (Å²) in [6.45, 7) is 1.32. The topological polar surface area (TPSA) is 53.2 Å². The first-order valence-corrected chi connectivity index (χ1v) is 11.1. The molecular weight excluding hydrogens is 380 g/mol. The molecule has 0 saturated carbocycles. The Morgan fingerprint density at radius 2 is 1.90 bits per heavy atom. The Morgan fingerprint density at radius 3 is 2.62 bits per heavy atom. The molecular formula is C24H24N2O2S. The van der Waals surface area contributed by atoms with Crippen molar-refractivity contribution in [2.45, 2.75) is 24.2 Å². The maximum Gasteiger partial charge on any atom is 0.223 e. The van der Waals surface area contributed by atoms with Crippen LogP contribution in [0.5, 0.6) is 0 Å². The van der Waals surface area contributed by atoms with Crippen LogP contribution in [-0.2, 0) is 4.79 Å². The number of hydrogen-bond donors (Lipinski definition) is 1. The van der Waals surface area contributed by atoms with Crippen LogP contribution < -0.4 is 0 Å². The molecule has 3 aromatic rings. The Bertz CT molecular complexity index is 1070. The number of aromatic nitrogens is 1. The fourth-order valence-electron chi connectivity index (χ4n) is 3.85. The van der Waals surface area contributed by atoms with Crippen molar-refractivity contribution < 1.29 is 9.59 Å². The molecule has 1 aliphatic heterocycles. The van der Waals surface area contributed by atoms with Crippen LogP contribution in [-0.4, -0.2) is 40.9 Å². The predicted octanol–water partition coefficient (Wildman–Crippen LogP) is 5.17. The van der Waals surface area contributed by atoms with Crippen molar-refractivity contribution in [1.29, 1.82) is 0 Å². The highest BCUT2D eigenvalue weighted by Crippen LogP contribution is 2.28. The van der Waals surface area contributed by atoms with Gasteiger partial charge in [-0.05, 0) is 29.9 Å². The Kier molecular flexibility index (Phi) is 5.86. The molecule has 4 rings (SSSR count). The molecule has 2 heterocycles. The molecule has 148 valence electrons. The highest BCUT2D eigenvalue weighted by atomic mass is 32.2. The highest BCUT2D eigenvalue weighted by molar-refractivity contribution is 7.98. The van der Waals surface area contributed by atoms with Gasteiger partial charge in [-0.2, -0.15) is 0 Å². The quantitative estimate of drug-likeness (QED) is 0.456. The predicted molar refractivity (Wildman–Crippen MR) is 119 cm³/mol. The average molecular weight is 405 g/mol. The van der Waals surface area contributed by atoms with Gasteiger partial charge in [-0.15, -0.1) is 11.8 Å². The Balaban J connectivity index is 1.37. The van der Waals surface area contributed by atoms with E-state index in [0.717, 1.165) is 22.2 Å². The van der Waals surface area contributed by atoms with Crippen LogP contribution in [0.2, 0.25) is 0 Å². The van der Waals surface area contributed by atoms with E-state index >= 15 is 0 Å². The van der Waals surface area contributed by atoms with Gasteiger partial charge in [0.15, 0.2) is 5.78 Å². The van der Waals surface area contributed by atoms with Gasteiger partial charge in [0.1, 0.15) is 0 Å². The molecule has 1 aromatic heterocycles. The fourth-order valence-corrected chi connectivity index (χ4v) is 4.44. The minimum absolute atomic E-state index is 0.0142. The second-order valence-corrected chi connectivity index (χ2v) is 8.04. The zero-order chi connectivity index (χ0) is 20.2. The van der Waals surface area contributed by atoms with Gasteiger partial charge in [-0.3, -0.25) is 9.59 Å². The number of nitrogens with zero attached hydrogens (tertiary/aromatic N) is 1. The number of hydrogen-bond acceptors (Lipinski definition) is 3. The number of benzene rings is 2. The number of amides is 1. The normalized spacial score (nSPS) is 14.1. The Labute approximate surface area is 175 Å². The maximum absolute atomic E-state index is 12.7. The van der Waals surface area contributed by atoms with Gasteiger partial charge in [-0.1, -0.05) is 48.5 Å². The lowest BCUT2D eigenvalue weighted by Crippen LogP contribution is -2.34. The second kappa shape index (κ2) is 8.70. The number of nitrogens with one attached hydrogen (secondary N) is 1. The van der Waals surface area contributed by atoms with E-state index in [9.17, 15) is 9.59 Å². The molecule has 1 N–H and O–H groups in total. The molecule has 0 radical (unpaired) electrons.